The van der Waals surface area contributed by atoms with Crippen molar-refractivity contribution < 1.29 is 4.39 Å². The SMILES string of the molecule is CC1CCN(CCc2ccccc2F)CCN1. The second-order valence-corrected chi connectivity index (χ2v) is 4.83. The Labute approximate surface area is 103 Å². The first-order valence-corrected chi connectivity index (χ1v) is 6.45. The molecule has 0 bridgehead atoms. The second-order valence-electron chi connectivity index (χ2n) is 4.83. The minimum atomic E-state index is -0.0752. The monoisotopic (exact) mass is 236 g/mol. The maximum Gasteiger partial charge on any atom is 0.126 e. The lowest BCUT2D eigenvalue weighted by Crippen LogP contribution is -2.30. The summed E-state index contributed by atoms with van der Waals surface area (Å²) in [6.07, 6.45) is 1.98. The zero-order chi connectivity index (χ0) is 12.1. The molecule has 1 N–H and O–H groups in total. The Morgan fingerprint density at radius 3 is 3.00 bits per heavy atom. The smallest absolute Gasteiger partial charge is 0.126 e. The maximum absolute atomic E-state index is 13.5. The summed E-state index contributed by atoms with van der Waals surface area (Å²) in [5, 5.41) is 3.47. The number of hydrogen-bond acceptors (Lipinski definition) is 2. The van der Waals surface area contributed by atoms with Crippen molar-refractivity contribution in [3.8, 4) is 0 Å². The molecular formula is C14H21FN2. The Morgan fingerprint density at radius 2 is 2.18 bits per heavy atom. The van der Waals surface area contributed by atoms with Gasteiger partial charge in [-0.2, -0.15) is 0 Å². The van der Waals surface area contributed by atoms with Gasteiger partial charge in [-0.15, -0.1) is 0 Å². The van der Waals surface area contributed by atoms with Crippen molar-refractivity contribution in [1.82, 2.24) is 10.2 Å². The van der Waals surface area contributed by atoms with Gasteiger partial charge in [0.2, 0.25) is 0 Å². The highest BCUT2D eigenvalue weighted by Gasteiger charge is 2.13. The van der Waals surface area contributed by atoms with Crippen LogP contribution in [0.3, 0.4) is 0 Å². The summed E-state index contributed by atoms with van der Waals surface area (Å²) in [6, 6.07) is 7.68. The molecule has 1 aromatic carbocycles. The van der Waals surface area contributed by atoms with Crippen LogP contribution in [0.25, 0.3) is 0 Å². The van der Waals surface area contributed by atoms with E-state index in [0.29, 0.717) is 6.04 Å². The minimum Gasteiger partial charge on any atom is -0.313 e. The van der Waals surface area contributed by atoms with Gasteiger partial charge in [0.05, 0.1) is 0 Å². The normalized spacial score (nSPS) is 22.4. The van der Waals surface area contributed by atoms with Crippen LogP contribution in [0.5, 0.6) is 0 Å². The van der Waals surface area contributed by atoms with E-state index in [1.165, 1.54) is 6.42 Å². The van der Waals surface area contributed by atoms with Gasteiger partial charge >= 0.3 is 0 Å². The van der Waals surface area contributed by atoms with Gasteiger partial charge in [0.25, 0.3) is 0 Å². The van der Waals surface area contributed by atoms with E-state index in [9.17, 15) is 4.39 Å². The van der Waals surface area contributed by atoms with Crippen LogP contribution in [-0.4, -0.2) is 37.1 Å². The number of hydrogen-bond donors (Lipinski definition) is 1. The van der Waals surface area contributed by atoms with Gasteiger partial charge < -0.3 is 10.2 Å². The Hall–Kier alpha value is -0.930. The lowest BCUT2D eigenvalue weighted by molar-refractivity contribution is 0.293. The first kappa shape index (κ1) is 12.5. The third kappa shape index (κ3) is 3.79. The predicted molar refractivity (Wildman–Crippen MR) is 68.6 cm³/mol. The molecule has 0 amide bonds. The molecule has 2 nitrogen and oxygen atoms in total. The van der Waals surface area contributed by atoms with Gasteiger partial charge in [-0.05, 0) is 37.9 Å². The summed E-state index contributed by atoms with van der Waals surface area (Å²) in [6.45, 7) is 6.40. The highest BCUT2D eigenvalue weighted by Crippen LogP contribution is 2.09. The van der Waals surface area contributed by atoms with E-state index in [-0.39, 0.29) is 5.82 Å². The Morgan fingerprint density at radius 1 is 1.35 bits per heavy atom. The van der Waals surface area contributed by atoms with E-state index >= 15 is 0 Å². The van der Waals surface area contributed by atoms with Gasteiger partial charge in [-0.25, -0.2) is 4.39 Å². The second kappa shape index (κ2) is 6.12. The highest BCUT2D eigenvalue weighted by molar-refractivity contribution is 5.17. The molecule has 1 unspecified atom stereocenters. The van der Waals surface area contributed by atoms with Crippen molar-refractivity contribution in [1.29, 1.82) is 0 Å². The molecular weight excluding hydrogens is 215 g/mol. The van der Waals surface area contributed by atoms with E-state index < -0.39 is 0 Å². The van der Waals surface area contributed by atoms with Crippen molar-refractivity contribution in [2.75, 3.05) is 26.2 Å². The summed E-state index contributed by atoms with van der Waals surface area (Å²) in [7, 11) is 0. The van der Waals surface area contributed by atoms with Gasteiger partial charge in [-0.3, -0.25) is 0 Å². The maximum atomic E-state index is 13.5. The molecule has 94 valence electrons. The predicted octanol–water partition coefficient (Wildman–Crippen LogP) is 2.05. The molecule has 1 heterocycles. The Balaban J connectivity index is 1.83. The lowest BCUT2D eigenvalue weighted by atomic mass is 10.1. The highest BCUT2D eigenvalue weighted by atomic mass is 19.1. The molecule has 1 aromatic rings. The van der Waals surface area contributed by atoms with Gasteiger partial charge in [0, 0.05) is 25.7 Å². The molecule has 0 saturated carbocycles. The number of benzene rings is 1. The standard InChI is InChI=1S/C14H21FN2/c1-12-6-9-17(11-8-16-12)10-7-13-4-2-3-5-14(13)15/h2-5,12,16H,6-11H2,1H3. The third-order valence-electron chi connectivity index (χ3n) is 3.45. The minimum absolute atomic E-state index is 0.0752. The number of rotatable bonds is 3. The summed E-state index contributed by atoms with van der Waals surface area (Å²) in [4.78, 5) is 2.42. The van der Waals surface area contributed by atoms with E-state index in [4.69, 9.17) is 0 Å². The molecule has 1 aliphatic rings. The molecule has 17 heavy (non-hydrogen) atoms. The lowest BCUT2D eigenvalue weighted by Gasteiger charge is -2.19. The van der Waals surface area contributed by atoms with Crippen LogP contribution in [0.1, 0.15) is 18.9 Å². The average Bonchev–Trinajstić information content (AvgIpc) is 2.53. The van der Waals surface area contributed by atoms with Crippen molar-refractivity contribution >= 4 is 0 Å². The van der Waals surface area contributed by atoms with Gasteiger partial charge in [0.1, 0.15) is 5.82 Å². The topological polar surface area (TPSA) is 15.3 Å². The molecule has 3 heteroatoms. The van der Waals surface area contributed by atoms with Crippen molar-refractivity contribution in [2.24, 2.45) is 0 Å². The number of nitrogens with zero attached hydrogens (tertiary/aromatic N) is 1. The number of nitrogens with one attached hydrogen (secondary N) is 1. The van der Waals surface area contributed by atoms with E-state index in [0.717, 1.165) is 38.2 Å². The summed E-state index contributed by atoms with van der Waals surface area (Å²) in [5.41, 5.74) is 0.831. The molecule has 0 radical (unpaired) electrons. The fourth-order valence-corrected chi connectivity index (χ4v) is 2.26. The quantitative estimate of drug-likeness (QED) is 0.864. The van der Waals surface area contributed by atoms with Crippen LogP contribution in [0.4, 0.5) is 4.39 Å². The number of halogens is 1. The molecule has 1 aliphatic heterocycles. The van der Waals surface area contributed by atoms with Gasteiger partial charge in [-0.1, -0.05) is 18.2 Å². The molecule has 0 aromatic heterocycles. The molecule has 1 fully saturated rings. The van der Waals surface area contributed by atoms with Crippen molar-refractivity contribution in [3.05, 3.63) is 35.6 Å². The molecule has 1 saturated heterocycles. The zero-order valence-electron chi connectivity index (χ0n) is 10.5. The summed E-state index contributed by atoms with van der Waals surface area (Å²) < 4.78 is 13.5. The van der Waals surface area contributed by atoms with Crippen molar-refractivity contribution in [3.63, 3.8) is 0 Å². The van der Waals surface area contributed by atoms with Crippen LogP contribution >= 0.6 is 0 Å². The molecule has 0 aliphatic carbocycles. The Bertz CT molecular complexity index is 354. The van der Waals surface area contributed by atoms with E-state index in [1.807, 2.05) is 12.1 Å². The fraction of sp³-hybridized carbons (Fsp3) is 0.571. The van der Waals surface area contributed by atoms with E-state index in [1.54, 1.807) is 12.1 Å². The first-order valence-electron chi connectivity index (χ1n) is 6.45. The van der Waals surface area contributed by atoms with Gasteiger partial charge in [0.15, 0.2) is 0 Å². The van der Waals surface area contributed by atoms with E-state index in [2.05, 4.69) is 17.1 Å². The average molecular weight is 236 g/mol. The molecule has 2 rings (SSSR count). The Kier molecular flexibility index (Phi) is 4.51. The zero-order valence-corrected chi connectivity index (χ0v) is 10.5. The van der Waals surface area contributed by atoms with Crippen LogP contribution in [0.2, 0.25) is 0 Å². The van der Waals surface area contributed by atoms with Crippen LogP contribution < -0.4 is 5.32 Å². The summed E-state index contributed by atoms with van der Waals surface area (Å²) >= 11 is 0. The van der Waals surface area contributed by atoms with Crippen LogP contribution in [-0.2, 0) is 6.42 Å². The largest absolute Gasteiger partial charge is 0.313 e. The van der Waals surface area contributed by atoms with Crippen LogP contribution in [0, 0.1) is 5.82 Å². The third-order valence-corrected chi connectivity index (χ3v) is 3.45. The first-order chi connectivity index (χ1) is 8.25. The van der Waals surface area contributed by atoms with Crippen LogP contribution in [0.15, 0.2) is 24.3 Å². The molecule has 1 atom stereocenters. The summed E-state index contributed by atoms with van der Waals surface area (Å²) in [5.74, 6) is -0.0752. The van der Waals surface area contributed by atoms with Crippen molar-refractivity contribution in [2.45, 2.75) is 25.8 Å². The fourth-order valence-electron chi connectivity index (χ4n) is 2.26. The molecule has 0 spiro atoms.